The van der Waals surface area contributed by atoms with Crippen molar-refractivity contribution in [3.05, 3.63) is 70.1 Å². The number of rotatable bonds is 2. The molecular formula is C23H21N3O5S. The molecule has 0 unspecified atom stereocenters. The fourth-order valence-electron chi connectivity index (χ4n) is 4.35. The molecule has 1 amide bonds. The Morgan fingerprint density at radius 2 is 2.00 bits per heavy atom. The van der Waals surface area contributed by atoms with Crippen LogP contribution in [0.2, 0.25) is 0 Å². The number of aryl methyl sites for hydroxylation is 1. The Morgan fingerprint density at radius 3 is 2.84 bits per heavy atom. The van der Waals surface area contributed by atoms with E-state index >= 15 is 0 Å². The predicted molar refractivity (Wildman–Crippen MR) is 120 cm³/mol. The van der Waals surface area contributed by atoms with Crippen LogP contribution >= 0.6 is 0 Å². The lowest BCUT2D eigenvalue weighted by atomic mass is 9.96. The molecule has 0 saturated carbocycles. The molecule has 164 valence electrons. The predicted octanol–water partition coefficient (Wildman–Crippen LogP) is 2.90. The van der Waals surface area contributed by atoms with E-state index in [-0.39, 0.29) is 16.7 Å². The number of piperidine rings is 1. The summed E-state index contributed by atoms with van der Waals surface area (Å²) >= 11 is 0. The van der Waals surface area contributed by atoms with Crippen molar-refractivity contribution in [2.24, 2.45) is 10.3 Å². The van der Waals surface area contributed by atoms with Crippen LogP contribution in [0, 0.1) is 12.8 Å². The summed E-state index contributed by atoms with van der Waals surface area (Å²) in [5.74, 6) is -0.0954. The molecule has 32 heavy (non-hydrogen) atoms. The zero-order valence-corrected chi connectivity index (χ0v) is 18.2. The molecule has 8 nitrogen and oxygen atoms in total. The Balaban J connectivity index is 1.36. The van der Waals surface area contributed by atoms with Crippen LogP contribution in [0.4, 0.5) is 5.69 Å². The third kappa shape index (κ3) is 3.58. The normalized spacial score (nSPS) is 19.5. The Kier molecular flexibility index (Phi) is 4.85. The SMILES string of the molecule is Cc1cc(=O)oc2cc(NC(=O)[C@H]3CCCN(C4=NS(=O)(=O)c5ccccc54)C3)ccc12. The number of hydrogen-bond donors (Lipinski definition) is 1. The number of amidine groups is 1. The monoisotopic (exact) mass is 451 g/mol. The molecule has 5 rings (SSSR count). The van der Waals surface area contributed by atoms with Gasteiger partial charge in [0.15, 0.2) is 5.84 Å². The summed E-state index contributed by atoms with van der Waals surface area (Å²) in [7, 11) is -3.71. The van der Waals surface area contributed by atoms with Crippen molar-refractivity contribution in [3.8, 4) is 0 Å². The van der Waals surface area contributed by atoms with Crippen LogP contribution in [0.1, 0.15) is 24.0 Å². The minimum absolute atomic E-state index is 0.168. The highest BCUT2D eigenvalue weighted by molar-refractivity contribution is 7.90. The quantitative estimate of drug-likeness (QED) is 0.600. The van der Waals surface area contributed by atoms with Crippen LogP contribution in [-0.2, 0) is 14.8 Å². The van der Waals surface area contributed by atoms with Gasteiger partial charge in [-0.15, -0.1) is 4.40 Å². The van der Waals surface area contributed by atoms with Gasteiger partial charge < -0.3 is 14.6 Å². The van der Waals surface area contributed by atoms with E-state index in [0.717, 1.165) is 17.4 Å². The van der Waals surface area contributed by atoms with Gasteiger partial charge in [0.25, 0.3) is 10.0 Å². The number of carbonyl (C=O) groups is 1. The summed E-state index contributed by atoms with van der Waals surface area (Å²) in [5, 5.41) is 3.71. The number of sulfonamides is 1. The van der Waals surface area contributed by atoms with Gasteiger partial charge in [0.2, 0.25) is 5.91 Å². The minimum atomic E-state index is -3.71. The molecule has 3 aromatic rings. The molecule has 0 spiro atoms. The van der Waals surface area contributed by atoms with Gasteiger partial charge in [0.1, 0.15) is 10.5 Å². The summed E-state index contributed by atoms with van der Waals surface area (Å²) in [4.78, 5) is 26.7. The van der Waals surface area contributed by atoms with Crippen molar-refractivity contribution < 1.29 is 17.6 Å². The Labute approximate surface area is 184 Å². The van der Waals surface area contributed by atoms with E-state index in [1.165, 1.54) is 6.07 Å². The largest absolute Gasteiger partial charge is 0.423 e. The van der Waals surface area contributed by atoms with Crippen LogP contribution in [0.5, 0.6) is 0 Å². The molecule has 2 aliphatic rings. The lowest BCUT2D eigenvalue weighted by Gasteiger charge is -2.33. The Hall–Kier alpha value is -3.46. The van der Waals surface area contributed by atoms with Gasteiger partial charge in [-0.2, -0.15) is 8.42 Å². The maximum Gasteiger partial charge on any atom is 0.336 e. The van der Waals surface area contributed by atoms with E-state index in [4.69, 9.17) is 4.42 Å². The second kappa shape index (κ2) is 7.59. The first-order valence-corrected chi connectivity index (χ1v) is 11.8. The van der Waals surface area contributed by atoms with Crippen LogP contribution in [0.15, 0.2) is 67.0 Å². The standard InChI is InChI=1S/C23H21N3O5S/c1-14-11-21(27)31-19-12-16(8-9-17(14)19)24-23(28)15-5-4-10-26(13-15)22-18-6-2-3-7-20(18)32(29,30)25-22/h2-3,6-9,11-12,15H,4-5,10,13H2,1H3,(H,24,28)/t15-/m0/s1. The smallest absolute Gasteiger partial charge is 0.336 e. The number of anilines is 1. The first-order valence-electron chi connectivity index (χ1n) is 10.4. The number of nitrogens with zero attached hydrogens (tertiary/aromatic N) is 2. The number of amides is 1. The van der Waals surface area contributed by atoms with Gasteiger partial charge in [0.05, 0.1) is 5.92 Å². The zero-order chi connectivity index (χ0) is 22.5. The molecule has 0 bridgehead atoms. The molecule has 1 N–H and O–H groups in total. The maximum absolute atomic E-state index is 13.0. The lowest BCUT2D eigenvalue weighted by Crippen LogP contribution is -2.43. The van der Waals surface area contributed by atoms with E-state index in [9.17, 15) is 18.0 Å². The number of carbonyl (C=O) groups excluding carboxylic acids is 1. The Bertz CT molecular complexity index is 1440. The number of hydrogen-bond acceptors (Lipinski definition) is 6. The minimum Gasteiger partial charge on any atom is -0.423 e. The van der Waals surface area contributed by atoms with Crippen molar-refractivity contribution in [2.45, 2.75) is 24.7 Å². The summed E-state index contributed by atoms with van der Waals surface area (Å²) in [6.45, 7) is 2.83. The van der Waals surface area contributed by atoms with Crippen molar-refractivity contribution in [1.82, 2.24) is 4.90 Å². The van der Waals surface area contributed by atoms with Gasteiger partial charge in [-0.25, -0.2) is 4.79 Å². The first kappa shape index (κ1) is 20.4. The molecule has 1 atom stereocenters. The maximum atomic E-state index is 13.0. The molecule has 9 heteroatoms. The summed E-state index contributed by atoms with van der Waals surface area (Å²) < 4.78 is 34.0. The van der Waals surface area contributed by atoms with E-state index in [2.05, 4.69) is 9.71 Å². The highest BCUT2D eigenvalue weighted by atomic mass is 32.2. The molecule has 3 heterocycles. The average Bonchev–Trinajstić information content (AvgIpc) is 3.05. The second-order valence-corrected chi connectivity index (χ2v) is 9.69. The van der Waals surface area contributed by atoms with E-state index in [1.54, 1.807) is 36.4 Å². The average molecular weight is 452 g/mol. The highest BCUT2D eigenvalue weighted by Crippen LogP contribution is 2.30. The van der Waals surface area contributed by atoms with Gasteiger partial charge >= 0.3 is 5.63 Å². The fourth-order valence-corrected chi connectivity index (χ4v) is 5.57. The van der Waals surface area contributed by atoms with E-state index in [0.29, 0.717) is 42.2 Å². The summed E-state index contributed by atoms with van der Waals surface area (Å²) in [5.41, 5.74) is 1.91. The van der Waals surface area contributed by atoms with Gasteiger partial charge in [-0.3, -0.25) is 4.79 Å². The number of likely N-dealkylation sites (tertiary alicyclic amines) is 1. The van der Waals surface area contributed by atoms with Crippen molar-refractivity contribution in [3.63, 3.8) is 0 Å². The van der Waals surface area contributed by atoms with Crippen molar-refractivity contribution >= 4 is 38.4 Å². The number of fused-ring (bicyclic) bond motifs is 2. The third-order valence-electron chi connectivity index (χ3n) is 5.92. The van der Waals surface area contributed by atoms with Crippen molar-refractivity contribution in [2.75, 3.05) is 18.4 Å². The van der Waals surface area contributed by atoms with Crippen LogP contribution in [0.3, 0.4) is 0 Å². The summed E-state index contributed by atoms with van der Waals surface area (Å²) in [6, 6.07) is 13.4. The lowest BCUT2D eigenvalue weighted by molar-refractivity contribution is -0.121. The molecule has 2 aromatic carbocycles. The molecule has 0 radical (unpaired) electrons. The van der Waals surface area contributed by atoms with Gasteiger partial charge in [0, 0.05) is 41.9 Å². The van der Waals surface area contributed by atoms with Gasteiger partial charge in [-0.1, -0.05) is 12.1 Å². The highest BCUT2D eigenvalue weighted by Gasteiger charge is 2.35. The molecule has 1 saturated heterocycles. The second-order valence-electron chi connectivity index (χ2n) is 8.12. The van der Waals surface area contributed by atoms with Crippen LogP contribution < -0.4 is 10.9 Å². The molecule has 0 aliphatic carbocycles. The number of nitrogens with one attached hydrogen (secondary N) is 1. The van der Waals surface area contributed by atoms with E-state index < -0.39 is 15.6 Å². The van der Waals surface area contributed by atoms with Crippen LogP contribution in [0.25, 0.3) is 11.0 Å². The first-order chi connectivity index (χ1) is 15.3. The Morgan fingerprint density at radius 1 is 1.19 bits per heavy atom. The third-order valence-corrected chi connectivity index (χ3v) is 7.25. The fraction of sp³-hybridized carbons (Fsp3) is 0.261. The molecule has 2 aliphatic heterocycles. The zero-order valence-electron chi connectivity index (χ0n) is 17.4. The van der Waals surface area contributed by atoms with Crippen LogP contribution in [-0.4, -0.2) is 38.2 Å². The summed E-state index contributed by atoms with van der Waals surface area (Å²) in [6.07, 6.45) is 1.43. The molecule has 1 fully saturated rings. The topological polar surface area (TPSA) is 109 Å². The number of benzene rings is 2. The van der Waals surface area contributed by atoms with Crippen molar-refractivity contribution in [1.29, 1.82) is 0 Å². The molecule has 1 aromatic heterocycles. The molecular weight excluding hydrogens is 430 g/mol. The van der Waals surface area contributed by atoms with Gasteiger partial charge in [-0.05, 0) is 49.6 Å². The van der Waals surface area contributed by atoms with E-state index in [1.807, 2.05) is 17.9 Å².